The van der Waals surface area contributed by atoms with Crippen molar-refractivity contribution in [2.45, 2.75) is 33.2 Å². The van der Waals surface area contributed by atoms with Crippen molar-refractivity contribution in [2.75, 3.05) is 65.9 Å². The minimum atomic E-state index is -0.170. The minimum absolute atomic E-state index is 0.170. The summed E-state index contributed by atoms with van der Waals surface area (Å²) in [5.41, 5.74) is 1.46. The van der Waals surface area contributed by atoms with E-state index in [-0.39, 0.29) is 5.56 Å². The van der Waals surface area contributed by atoms with Gasteiger partial charge in [-0.1, -0.05) is 31.5 Å². The molecule has 0 amide bonds. The van der Waals surface area contributed by atoms with Crippen LogP contribution in [0.15, 0.2) is 29.2 Å². The van der Waals surface area contributed by atoms with Gasteiger partial charge in [-0.2, -0.15) is 5.10 Å². The van der Waals surface area contributed by atoms with Crippen molar-refractivity contribution in [1.82, 2.24) is 19.6 Å². The topological polar surface area (TPSA) is 71.9 Å². The molecular formula is C24H38ClN5O3. The largest absolute Gasteiger partial charge is 0.493 e. The van der Waals surface area contributed by atoms with Crippen molar-refractivity contribution in [3.8, 4) is 11.5 Å². The molecule has 0 aliphatic heterocycles. The van der Waals surface area contributed by atoms with Crippen molar-refractivity contribution in [2.24, 2.45) is 0 Å². The van der Waals surface area contributed by atoms with Crippen molar-refractivity contribution in [3.05, 3.63) is 45.3 Å². The Morgan fingerprint density at radius 2 is 1.82 bits per heavy atom. The Labute approximate surface area is 202 Å². The molecule has 9 heteroatoms. The van der Waals surface area contributed by atoms with Crippen molar-refractivity contribution >= 4 is 17.3 Å². The van der Waals surface area contributed by atoms with E-state index < -0.39 is 0 Å². The maximum Gasteiger partial charge on any atom is 0.291 e. The van der Waals surface area contributed by atoms with Gasteiger partial charge in [0.1, 0.15) is 5.69 Å². The number of ether oxygens (including phenoxy) is 2. The van der Waals surface area contributed by atoms with E-state index in [1.54, 1.807) is 20.4 Å². The van der Waals surface area contributed by atoms with E-state index in [1.165, 1.54) is 10.2 Å². The van der Waals surface area contributed by atoms with Crippen LogP contribution in [0.3, 0.4) is 0 Å². The minimum Gasteiger partial charge on any atom is -0.493 e. The molecule has 0 radical (unpaired) electrons. The molecule has 2 aromatic rings. The van der Waals surface area contributed by atoms with Gasteiger partial charge in [-0.05, 0) is 57.2 Å². The summed E-state index contributed by atoms with van der Waals surface area (Å²) in [5, 5.41) is 7.77. The number of aromatic nitrogens is 2. The quantitative estimate of drug-likeness (QED) is 0.393. The van der Waals surface area contributed by atoms with E-state index in [4.69, 9.17) is 21.1 Å². The first-order valence-corrected chi connectivity index (χ1v) is 11.9. The fourth-order valence-corrected chi connectivity index (χ4v) is 3.79. The van der Waals surface area contributed by atoms with Crippen LogP contribution in [-0.4, -0.2) is 80.1 Å². The predicted octanol–water partition coefficient (Wildman–Crippen LogP) is 3.23. The lowest BCUT2D eigenvalue weighted by atomic mass is 10.1. The highest BCUT2D eigenvalue weighted by atomic mass is 35.5. The molecule has 2 rings (SSSR count). The van der Waals surface area contributed by atoms with E-state index in [9.17, 15) is 4.79 Å². The second-order valence-corrected chi connectivity index (χ2v) is 8.35. The van der Waals surface area contributed by atoms with E-state index in [0.717, 1.165) is 57.1 Å². The third-order valence-corrected chi connectivity index (χ3v) is 6.06. The van der Waals surface area contributed by atoms with Gasteiger partial charge in [0, 0.05) is 19.6 Å². The van der Waals surface area contributed by atoms with E-state index in [0.29, 0.717) is 23.8 Å². The van der Waals surface area contributed by atoms with E-state index in [1.807, 2.05) is 12.1 Å². The summed E-state index contributed by atoms with van der Waals surface area (Å²) >= 11 is 6.25. The van der Waals surface area contributed by atoms with Gasteiger partial charge in [-0.25, -0.2) is 4.68 Å². The molecule has 0 saturated heterocycles. The molecule has 0 bridgehead atoms. The number of rotatable bonds is 15. The van der Waals surface area contributed by atoms with Gasteiger partial charge in [0.25, 0.3) is 5.56 Å². The summed E-state index contributed by atoms with van der Waals surface area (Å²) in [6, 6.07) is 6.02. The zero-order valence-corrected chi connectivity index (χ0v) is 21.3. The first-order chi connectivity index (χ1) is 15.9. The summed E-state index contributed by atoms with van der Waals surface area (Å²) in [4.78, 5) is 17.3. The Kier molecular flexibility index (Phi) is 11.5. The van der Waals surface area contributed by atoms with Crippen LogP contribution in [0.4, 0.5) is 5.69 Å². The number of hydrogen-bond acceptors (Lipinski definition) is 7. The lowest BCUT2D eigenvalue weighted by molar-refractivity contribution is 0.282. The fourth-order valence-electron chi connectivity index (χ4n) is 3.59. The highest BCUT2D eigenvalue weighted by Crippen LogP contribution is 2.27. The molecule has 8 nitrogen and oxygen atoms in total. The normalized spacial score (nSPS) is 11.3. The number of methoxy groups -OCH3 is 2. The maximum absolute atomic E-state index is 12.8. The lowest BCUT2D eigenvalue weighted by Crippen LogP contribution is -2.33. The van der Waals surface area contributed by atoms with Gasteiger partial charge in [0.2, 0.25) is 0 Å². The number of nitrogens with one attached hydrogen (secondary N) is 1. The molecule has 1 heterocycles. The van der Waals surface area contributed by atoms with Crippen LogP contribution in [0.2, 0.25) is 5.02 Å². The zero-order valence-electron chi connectivity index (χ0n) is 20.6. The maximum atomic E-state index is 12.8. The Balaban J connectivity index is 1.80. The monoisotopic (exact) mass is 479 g/mol. The number of hydrogen-bond donors (Lipinski definition) is 1. The standard InChI is InChI=1S/C24H38ClN5O3/c1-6-29(7-2)15-16-30-24(31)23(20(25)18-27-30)26-12-8-13-28(3)14-11-19-9-10-21(32-4)22(17-19)33-5/h9-10,17-18,26H,6-8,11-16H2,1-5H3. The Morgan fingerprint density at radius 1 is 1.09 bits per heavy atom. The van der Waals surface area contributed by atoms with Crippen molar-refractivity contribution < 1.29 is 9.47 Å². The van der Waals surface area contributed by atoms with Crippen LogP contribution < -0.4 is 20.3 Å². The van der Waals surface area contributed by atoms with Crippen LogP contribution >= 0.6 is 11.6 Å². The van der Waals surface area contributed by atoms with Gasteiger partial charge in [-0.3, -0.25) is 4.79 Å². The van der Waals surface area contributed by atoms with Crippen LogP contribution in [0.25, 0.3) is 0 Å². The molecule has 1 aromatic carbocycles. The summed E-state index contributed by atoms with van der Waals surface area (Å²) in [5.74, 6) is 1.49. The van der Waals surface area contributed by atoms with Crippen molar-refractivity contribution in [1.29, 1.82) is 0 Å². The Morgan fingerprint density at radius 3 is 2.48 bits per heavy atom. The molecule has 0 fully saturated rings. The van der Waals surface area contributed by atoms with Crippen molar-refractivity contribution in [3.63, 3.8) is 0 Å². The highest BCUT2D eigenvalue weighted by molar-refractivity contribution is 6.32. The average molecular weight is 480 g/mol. The number of benzene rings is 1. The number of anilines is 1. The third-order valence-electron chi connectivity index (χ3n) is 5.77. The average Bonchev–Trinajstić information content (AvgIpc) is 2.83. The SMILES string of the molecule is CCN(CC)CCn1ncc(Cl)c(NCCCN(C)CCc2ccc(OC)c(OC)c2)c1=O. The van der Waals surface area contributed by atoms with Gasteiger partial charge in [-0.15, -0.1) is 0 Å². The first-order valence-electron chi connectivity index (χ1n) is 11.5. The highest BCUT2D eigenvalue weighted by Gasteiger charge is 2.11. The molecule has 0 aliphatic carbocycles. The summed E-state index contributed by atoms with van der Waals surface area (Å²) in [6.07, 6.45) is 3.35. The summed E-state index contributed by atoms with van der Waals surface area (Å²) in [6.45, 7) is 9.93. The molecular weight excluding hydrogens is 442 g/mol. The van der Waals surface area contributed by atoms with Crippen LogP contribution in [0.5, 0.6) is 11.5 Å². The van der Waals surface area contributed by atoms with Crippen LogP contribution in [-0.2, 0) is 13.0 Å². The molecule has 0 spiro atoms. The number of likely N-dealkylation sites (N-methyl/N-ethyl adjacent to an activating group) is 2. The molecule has 0 aliphatic rings. The summed E-state index contributed by atoms with van der Waals surface area (Å²) in [7, 11) is 5.39. The second-order valence-electron chi connectivity index (χ2n) is 7.95. The lowest BCUT2D eigenvalue weighted by Gasteiger charge is -2.19. The molecule has 0 atom stereocenters. The first kappa shape index (κ1) is 27.0. The molecule has 0 saturated carbocycles. The number of halogens is 1. The molecule has 1 aromatic heterocycles. The Bertz CT molecular complexity index is 917. The van der Waals surface area contributed by atoms with Crippen LogP contribution in [0.1, 0.15) is 25.8 Å². The Hall–Kier alpha value is -2.29. The van der Waals surface area contributed by atoms with Gasteiger partial charge >= 0.3 is 0 Å². The van der Waals surface area contributed by atoms with Gasteiger partial charge in [0.05, 0.1) is 32.0 Å². The molecule has 0 unspecified atom stereocenters. The second kappa shape index (κ2) is 14.1. The fraction of sp³-hybridized carbons (Fsp3) is 0.583. The van der Waals surface area contributed by atoms with E-state index in [2.05, 4.69) is 47.2 Å². The third kappa shape index (κ3) is 8.21. The molecule has 184 valence electrons. The number of nitrogens with zero attached hydrogens (tertiary/aromatic N) is 4. The smallest absolute Gasteiger partial charge is 0.291 e. The molecule has 33 heavy (non-hydrogen) atoms. The molecule has 1 N–H and O–H groups in total. The van der Waals surface area contributed by atoms with Gasteiger partial charge < -0.3 is 24.6 Å². The predicted molar refractivity (Wildman–Crippen MR) is 135 cm³/mol. The van der Waals surface area contributed by atoms with Gasteiger partial charge in [0.15, 0.2) is 11.5 Å². The van der Waals surface area contributed by atoms with E-state index >= 15 is 0 Å². The summed E-state index contributed by atoms with van der Waals surface area (Å²) < 4.78 is 12.2. The zero-order chi connectivity index (χ0) is 24.2. The van der Waals surface area contributed by atoms with Crippen LogP contribution in [0, 0.1) is 0 Å².